The van der Waals surface area contributed by atoms with E-state index in [0.29, 0.717) is 5.92 Å². The van der Waals surface area contributed by atoms with Crippen molar-refractivity contribution < 1.29 is 0 Å². The molecule has 8 heterocycles. The van der Waals surface area contributed by atoms with E-state index in [1.807, 2.05) is 0 Å². The van der Waals surface area contributed by atoms with E-state index in [4.69, 9.17) is 0 Å². The zero-order valence-corrected chi connectivity index (χ0v) is 81.1. The molecule has 0 N–H and O–H groups in total. The highest BCUT2D eigenvalue weighted by Gasteiger charge is 2.36. The zero-order chi connectivity index (χ0) is 96.4. The van der Waals surface area contributed by atoms with Crippen LogP contribution in [0.5, 0.6) is 0 Å². The van der Waals surface area contributed by atoms with Crippen LogP contribution in [-0.4, -0.2) is 17.6 Å². The topological polar surface area (TPSA) is 17.6 Å². The number of para-hydroxylation sites is 4. The highest BCUT2D eigenvalue weighted by molar-refractivity contribution is 6.36. The van der Waals surface area contributed by atoms with E-state index in [1.54, 1.807) is 0 Å². The first kappa shape index (κ1) is 83.3. The summed E-state index contributed by atoms with van der Waals surface area (Å²) in [7, 11) is 0. The maximum absolute atomic E-state index is 2.48. The Bertz CT molecular complexity index is 10900. The standard InChI is InChI=1S/C40H25N.C37H25N.C34H21N.C31H23N/c1-3-11-26(12-4-1)30-21-31(27-13-5-2-6-14-27)23-32(22-30)28-19-20-38-35(24-28)36-25-29-15-7-8-16-33(29)39-34-17-9-10-18-37(34)41(38)40(36)39;1-37(2)31-13-7-5-11-26(31)27-17-15-23(21-32(27)37)22-16-18-34-29(19-22)30-20-24-9-3-4-10-25(24)35-28-12-6-8-14-33(28)38(34)36(30)35;1-2-9-22(10-3-1)23-12-8-13-24(19-23)25-17-18-32-29(20-25)30-21-26-11-4-5-14-27(26)33-28-15-6-7-16-31(28)35(32)34(30)33;1-19(2)20-11-13-21(14-12-20)22-15-16-29-26(17-22)27-18-23-7-3-4-8-24(23)30-25-9-5-6-10-28(25)32(29)31(27)30/h1-25H;3-21H,1-2H3;1-21H;3-19H,1-2H3. The third-order valence-electron chi connectivity index (χ3n) is 32.4. The van der Waals surface area contributed by atoms with Gasteiger partial charge >= 0.3 is 0 Å². The molecule has 0 unspecified atom stereocenters. The van der Waals surface area contributed by atoms with Gasteiger partial charge in [-0.15, -0.1) is 0 Å². The maximum atomic E-state index is 2.48. The fourth-order valence-electron chi connectivity index (χ4n) is 25.5. The summed E-state index contributed by atoms with van der Waals surface area (Å²) >= 11 is 0. The summed E-state index contributed by atoms with van der Waals surface area (Å²) in [4.78, 5) is 0. The molecule has 0 radical (unpaired) electrons. The molecule has 0 atom stereocenters. The first-order valence-electron chi connectivity index (χ1n) is 51.2. The fourth-order valence-corrected chi connectivity index (χ4v) is 25.5. The van der Waals surface area contributed by atoms with Crippen LogP contribution in [0.25, 0.3) is 284 Å². The van der Waals surface area contributed by atoms with Gasteiger partial charge in [0, 0.05) is 91.6 Å². The summed E-state index contributed by atoms with van der Waals surface area (Å²) in [6, 6.07) is 181. The predicted molar refractivity (Wildman–Crippen MR) is 624 cm³/mol. The average Bonchev–Trinajstić information content (AvgIpc) is 1.54. The molecule has 1 aliphatic rings. The van der Waals surface area contributed by atoms with Crippen LogP contribution in [0.3, 0.4) is 0 Å². The molecule has 4 heteroatoms. The molecule has 0 spiro atoms. The van der Waals surface area contributed by atoms with Crippen LogP contribution in [0.4, 0.5) is 0 Å². The lowest BCUT2D eigenvalue weighted by molar-refractivity contribution is 0.660. The Balaban J connectivity index is 0.0000000906. The van der Waals surface area contributed by atoms with Crippen LogP contribution in [0, 0.1) is 0 Å². The minimum absolute atomic E-state index is 0.000422. The summed E-state index contributed by atoms with van der Waals surface area (Å²) in [5.41, 5.74) is 39.9. The second kappa shape index (κ2) is 32.3. The normalized spacial score (nSPS) is 12.6. The molecule has 0 saturated heterocycles. The molecule has 33 rings (SSSR count). The fraction of sp³-hybridized carbons (Fsp3) is 0.0423. The van der Waals surface area contributed by atoms with E-state index in [9.17, 15) is 0 Å². The molecular weight excluding hydrogens is 1760 g/mol. The highest BCUT2D eigenvalue weighted by atomic mass is 14.9. The van der Waals surface area contributed by atoms with E-state index in [1.165, 1.54) is 301 Å². The van der Waals surface area contributed by atoms with E-state index < -0.39 is 0 Å². The Hall–Kier alpha value is -18.5. The van der Waals surface area contributed by atoms with Crippen molar-refractivity contribution in [3.8, 4) is 89.0 Å². The molecule has 146 heavy (non-hydrogen) atoms. The van der Waals surface area contributed by atoms with E-state index >= 15 is 0 Å². The van der Waals surface area contributed by atoms with Gasteiger partial charge in [0.1, 0.15) is 0 Å². The van der Waals surface area contributed by atoms with Gasteiger partial charge in [-0.05, 0) is 282 Å². The minimum atomic E-state index is 0.000422. The number of benzene rings is 24. The van der Waals surface area contributed by atoms with Gasteiger partial charge in [0.05, 0.1) is 66.2 Å². The van der Waals surface area contributed by atoms with Crippen LogP contribution in [0.1, 0.15) is 50.3 Å². The first-order chi connectivity index (χ1) is 72.0. The zero-order valence-electron chi connectivity index (χ0n) is 81.1. The third-order valence-corrected chi connectivity index (χ3v) is 32.4. The molecule has 0 bridgehead atoms. The van der Waals surface area contributed by atoms with Gasteiger partial charge in [-0.1, -0.05) is 392 Å². The number of hydrogen-bond donors (Lipinski definition) is 0. The second-order valence-electron chi connectivity index (χ2n) is 41.0. The Morgan fingerprint density at radius 3 is 0.767 bits per heavy atom. The Morgan fingerprint density at radius 2 is 0.397 bits per heavy atom. The quantitative estimate of drug-likeness (QED) is 0.144. The number of rotatable bonds is 8. The Labute approximate surface area is 843 Å². The van der Waals surface area contributed by atoms with Crippen LogP contribution < -0.4 is 0 Å². The summed E-state index contributed by atoms with van der Waals surface area (Å²) in [6.45, 7) is 9.20. The number of aromatic nitrogens is 4. The van der Waals surface area contributed by atoms with Crippen molar-refractivity contribution in [2.45, 2.75) is 39.0 Å². The predicted octanol–water partition coefficient (Wildman–Crippen LogP) is 39.1. The lowest BCUT2D eigenvalue weighted by atomic mass is 9.81. The van der Waals surface area contributed by atoms with Gasteiger partial charge < -0.3 is 17.6 Å². The number of nitrogens with zero attached hydrogens (tertiary/aromatic N) is 4. The van der Waals surface area contributed by atoms with E-state index in [2.05, 4.69) is 537 Å². The smallest absolute Gasteiger partial charge is 0.0626 e. The molecule has 0 fully saturated rings. The van der Waals surface area contributed by atoms with Gasteiger partial charge in [-0.25, -0.2) is 0 Å². The SMILES string of the molecule is CC(C)c1ccc(-c2ccc3c(c2)c2cc4ccccc4c4c5ccccc5n3c24)cc1.CC1(C)c2ccccc2-c2ccc(-c3ccc4c(c3)c3cc5ccccc5c5c6ccccc6n4c35)cc21.c1ccc(-c2cc(-c3ccccc3)cc(-c3ccc4c(c3)c3cc5ccccc5c5c6ccccc6n4c35)c2)cc1.c1ccc(-c2cccc(-c3ccc4c(c3)c3cc5ccccc5c5c6ccccc6n4c35)c2)cc1. The molecule has 1 aliphatic carbocycles. The molecule has 682 valence electrons. The van der Waals surface area contributed by atoms with Crippen molar-refractivity contribution in [3.05, 3.63) is 508 Å². The van der Waals surface area contributed by atoms with Crippen molar-refractivity contribution in [1.82, 2.24) is 17.6 Å². The summed E-state index contributed by atoms with van der Waals surface area (Å²) in [5, 5.41) is 31.8. The lowest BCUT2D eigenvalue weighted by Crippen LogP contribution is -2.14. The van der Waals surface area contributed by atoms with E-state index in [0.717, 1.165) is 0 Å². The molecule has 4 nitrogen and oxygen atoms in total. The van der Waals surface area contributed by atoms with Crippen LogP contribution in [0.15, 0.2) is 491 Å². The van der Waals surface area contributed by atoms with Crippen molar-refractivity contribution in [2.75, 3.05) is 0 Å². The van der Waals surface area contributed by atoms with E-state index in [-0.39, 0.29) is 5.41 Å². The van der Waals surface area contributed by atoms with Crippen molar-refractivity contribution in [1.29, 1.82) is 0 Å². The molecule has 24 aromatic carbocycles. The first-order valence-corrected chi connectivity index (χ1v) is 51.2. The molecule has 32 aromatic rings. The molecule has 0 amide bonds. The summed E-state index contributed by atoms with van der Waals surface area (Å²) in [6.07, 6.45) is 0. The second-order valence-corrected chi connectivity index (χ2v) is 41.0. The van der Waals surface area contributed by atoms with Crippen molar-refractivity contribution in [2.24, 2.45) is 0 Å². The van der Waals surface area contributed by atoms with Gasteiger partial charge in [0.25, 0.3) is 0 Å². The molecule has 0 aliphatic heterocycles. The minimum Gasteiger partial charge on any atom is -0.308 e. The molecule has 0 saturated carbocycles. The van der Waals surface area contributed by atoms with Crippen molar-refractivity contribution >= 4 is 195 Å². The van der Waals surface area contributed by atoms with Gasteiger partial charge in [0.15, 0.2) is 0 Å². The lowest BCUT2D eigenvalue weighted by Gasteiger charge is -2.22. The van der Waals surface area contributed by atoms with Crippen LogP contribution in [0.2, 0.25) is 0 Å². The van der Waals surface area contributed by atoms with Crippen LogP contribution >= 0.6 is 0 Å². The summed E-state index contributed by atoms with van der Waals surface area (Å²) < 4.78 is 9.88. The highest BCUT2D eigenvalue weighted by Crippen LogP contribution is 2.54. The number of fused-ring (bicyclic) bond motifs is 35. The molecular formula is C142H94N4. The van der Waals surface area contributed by atoms with Gasteiger partial charge in [-0.3, -0.25) is 0 Å². The largest absolute Gasteiger partial charge is 0.308 e. The van der Waals surface area contributed by atoms with Gasteiger partial charge in [-0.2, -0.15) is 0 Å². The Kier molecular flexibility index (Phi) is 18.4. The number of hydrogen-bond acceptors (Lipinski definition) is 0. The summed E-state index contributed by atoms with van der Waals surface area (Å²) in [5.74, 6) is 0.550. The Morgan fingerprint density at radius 1 is 0.158 bits per heavy atom. The van der Waals surface area contributed by atoms with Gasteiger partial charge in [0.2, 0.25) is 0 Å². The van der Waals surface area contributed by atoms with Crippen molar-refractivity contribution in [3.63, 3.8) is 0 Å². The monoisotopic (exact) mass is 1850 g/mol. The van der Waals surface area contributed by atoms with Crippen LogP contribution in [-0.2, 0) is 5.41 Å². The maximum Gasteiger partial charge on any atom is 0.0626 e. The third kappa shape index (κ3) is 12.6. The average molecular weight is 1860 g/mol. The molecule has 8 aromatic heterocycles.